The van der Waals surface area contributed by atoms with Crippen molar-refractivity contribution in [1.29, 1.82) is 5.41 Å². The van der Waals surface area contributed by atoms with Gasteiger partial charge in [-0.05, 0) is 111 Å². The quantitative estimate of drug-likeness (QED) is 0.0183. The fourth-order valence-electron chi connectivity index (χ4n) is 16.1. The van der Waals surface area contributed by atoms with Crippen LogP contribution in [0, 0.1) is 40.9 Å². The molecule has 30 heteroatoms. The Labute approximate surface area is 759 Å². The maximum Gasteiger partial charge on any atom is 0.308 e. The normalized spacial score (nSPS) is 31.9. The van der Waals surface area contributed by atoms with Gasteiger partial charge in [0.25, 0.3) is 3.79 Å². The van der Waals surface area contributed by atoms with E-state index in [0.717, 1.165) is 23.1 Å². The zero-order chi connectivity index (χ0) is 91.6. The molecule has 28 atom stereocenters. The van der Waals surface area contributed by atoms with Gasteiger partial charge in [0.15, 0.2) is 55.9 Å². The maximum atomic E-state index is 15.2. The van der Waals surface area contributed by atoms with E-state index in [4.69, 9.17) is 139 Å². The van der Waals surface area contributed by atoms with Gasteiger partial charge in [0.1, 0.15) is 54.9 Å². The van der Waals surface area contributed by atoms with E-state index in [2.05, 4.69) is 129 Å². The molecule has 12 unspecified atom stereocenters. The number of hydrogen-bond acceptors (Lipinski definition) is 24. The molecule has 0 saturated carbocycles. The Morgan fingerprint density at radius 1 is 0.508 bits per heavy atom. The van der Waals surface area contributed by atoms with Crippen molar-refractivity contribution in [2.75, 3.05) is 26.9 Å². The average Bonchev–Trinajstić information content (AvgIpc) is 1.52. The summed E-state index contributed by atoms with van der Waals surface area (Å²) in [6, 6.07) is 30.0. The number of ether oxygens (including phenoxy) is 18. The van der Waals surface area contributed by atoms with Crippen molar-refractivity contribution in [1.82, 2.24) is 0 Å². The standard InChI is InChI=1S/C94H152Cl3NO23Si3/c1-29-56(3)69(110-74(99)48-67(101-22)46-70(57(4)30-2)111-86-61(8)79(121-124(27,28)92(17,18)19)73(112-86)55-107-122(23,24)90(11,12)13)47-68(120-123(25,26)91(14,15)16)49-75(100)113-76-58(5)80(87(108-62(76)9)117-89(98)94(95,96)97)115-88-83-82(118-93(20,21)119-83)81(63(10)109-88)116-85-60(7)78(72(54-106-85)103-51-65-42-36-32-37-43-65)114-84-59(6)77(104-52-66-44-38-33-39-45-66)71(53-105-84)102-50-64-40-34-31-35-41-64/h31-45,56-63,67-73,76-88,98H,29-30,46-55H2,1-28H3/t56-,57-,58?,59?,60?,61?,62?,63?,67-,68-,69-,70-,71+,72+,73-,76+,77?,78?,79?,80?,81-,82?,83?,84-,85-,86+,87+,88-/m0/s1. The fraction of sp³-hybridized carbons (Fsp3) is 0.777. The lowest BCUT2D eigenvalue weighted by Crippen LogP contribution is -2.63. The molecule has 0 aromatic heterocycles. The second kappa shape index (κ2) is 44.6. The van der Waals surface area contributed by atoms with Crippen LogP contribution in [-0.4, -0.2) is 215 Å². The van der Waals surface area contributed by atoms with Gasteiger partial charge in [-0.3, -0.25) is 15.0 Å². The molecule has 9 rings (SSSR count). The lowest BCUT2D eigenvalue weighted by atomic mass is 9.90. The van der Waals surface area contributed by atoms with E-state index in [0.29, 0.717) is 39.3 Å². The van der Waals surface area contributed by atoms with Crippen LogP contribution in [0.4, 0.5) is 0 Å². The average molecular weight is 1850 g/mol. The molecular formula is C94H152Cl3NO23Si3. The van der Waals surface area contributed by atoms with Gasteiger partial charge < -0.3 is 98.5 Å². The van der Waals surface area contributed by atoms with E-state index in [-0.39, 0.29) is 89.6 Å². The maximum absolute atomic E-state index is 15.2. The van der Waals surface area contributed by atoms with Crippen molar-refractivity contribution in [3.05, 3.63) is 108 Å². The number of methoxy groups -OCH3 is 1. The summed E-state index contributed by atoms with van der Waals surface area (Å²) in [6.07, 6.45) is -14.7. The number of hydrogen-bond donors (Lipinski definition) is 1. The lowest BCUT2D eigenvalue weighted by molar-refractivity contribution is -0.360. The van der Waals surface area contributed by atoms with E-state index in [1.54, 1.807) is 27.9 Å². The number of halogens is 3. The molecule has 24 nitrogen and oxygen atoms in total. The van der Waals surface area contributed by atoms with Gasteiger partial charge in [-0.15, -0.1) is 0 Å². The number of alkyl halides is 3. The molecule has 6 saturated heterocycles. The molecule has 0 spiro atoms. The fourth-order valence-corrected chi connectivity index (χ4v) is 20.0. The Bertz CT molecular complexity index is 3760. The first-order valence-corrected chi connectivity index (χ1v) is 55.1. The Hall–Kier alpha value is -3.13. The van der Waals surface area contributed by atoms with Gasteiger partial charge >= 0.3 is 11.9 Å². The Balaban J connectivity index is 0.904. The van der Waals surface area contributed by atoms with E-state index in [1.165, 1.54) is 0 Å². The number of esters is 2. The first kappa shape index (κ1) is 105. The van der Waals surface area contributed by atoms with Gasteiger partial charge in [0, 0.05) is 43.6 Å². The Morgan fingerprint density at radius 3 is 1.48 bits per heavy atom. The molecule has 0 radical (unpaired) electrons. The number of rotatable bonds is 40. The highest BCUT2D eigenvalue weighted by molar-refractivity contribution is 6.76. The predicted molar refractivity (Wildman–Crippen MR) is 486 cm³/mol. The zero-order valence-electron chi connectivity index (χ0n) is 79.3. The van der Waals surface area contributed by atoms with Crippen molar-refractivity contribution < 1.29 is 108 Å². The van der Waals surface area contributed by atoms with Gasteiger partial charge in [0.05, 0.1) is 101 Å². The second-order valence-electron chi connectivity index (χ2n) is 40.6. The van der Waals surface area contributed by atoms with Gasteiger partial charge in [0.2, 0.25) is 12.2 Å². The van der Waals surface area contributed by atoms with Crippen LogP contribution in [0.5, 0.6) is 0 Å². The van der Waals surface area contributed by atoms with E-state index >= 15 is 4.79 Å². The number of nitrogens with one attached hydrogen (secondary N) is 1. The Morgan fingerprint density at radius 2 is 0.960 bits per heavy atom. The smallest absolute Gasteiger partial charge is 0.308 e. The second-order valence-corrected chi connectivity index (χ2v) is 57.2. The highest BCUT2D eigenvalue weighted by atomic mass is 35.6. The largest absolute Gasteiger partial charge is 0.462 e. The summed E-state index contributed by atoms with van der Waals surface area (Å²) in [7, 11) is -5.51. The minimum Gasteiger partial charge on any atom is -0.462 e. The summed E-state index contributed by atoms with van der Waals surface area (Å²) in [5.74, 6) is -4.78. The summed E-state index contributed by atoms with van der Waals surface area (Å²) >= 11 is 19.0. The van der Waals surface area contributed by atoms with Crippen LogP contribution in [-0.2, 0) is 128 Å². The van der Waals surface area contributed by atoms with Crippen LogP contribution in [0.1, 0.15) is 201 Å². The number of benzene rings is 3. The molecule has 704 valence electrons. The van der Waals surface area contributed by atoms with Gasteiger partial charge in [-0.25, -0.2) is 0 Å². The molecule has 1 N–H and O–H groups in total. The highest BCUT2D eigenvalue weighted by Crippen LogP contribution is 2.48. The van der Waals surface area contributed by atoms with Crippen molar-refractivity contribution in [3.63, 3.8) is 0 Å². The summed E-state index contributed by atoms with van der Waals surface area (Å²) in [6.45, 7) is 58.5. The van der Waals surface area contributed by atoms with E-state index < -0.39 is 181 Å². The third kappa shape index (κ3) is 28.0. The van der Waals surface area contributed by atoms with Crippen LogP contribution in [0.15, 0.2) is 91.0 Å². The third-order valence-corrected chi connectivity index (χ3v) is 41.5. The van der Waals surface area contributed by atoms with Crippen LogP contribution < -0.4 is 0 Å². The van der Waals surface area contributed by atoms with Crippen molar-refractivity contribution in [2.24, 2.45) is 35.5 Å². The summed E-state index contributed by atoms with van der Waals surface area (Å²) in [4.78, 5) is 29.9. The molecule has 0 aliphatic carbocycles. The van der Waals surface area contributed by atoms with Gasteiger partial charge in [-0.1, -0.05) is 256 Å². The molecule has 124 heavy (non-hydrogen) atoms. The topological polar surface area (TPSA) is 252 Å². The van der Waals surface area contributed by atoms with Crippen LogP contribution in [0.3, 0.4) is 0 Å². The molecule has 3 aromatic carbocycles. The number of carbonyl (C=O) groups is 2. The van der Waals surface area contributed by atoms with Crippen LogP contribution in [0.2, 0.25) is 54.4 Å². The van der Waals surface area contributed by atoms with Gasteiger partial charge in [-0.2, -0.15) is 0 Å². The molecule has 6 aliphatic heterocycles. The molecule has 0 amide bonds. The summed E-state index contributed by atoms with van der Waals surface area (Å²) < 4.78 is 141. The minimum atomic E-state index is -2.67. The van der Waals surface area contributed by atoms with E-state index in [9.17, 15) is 4.79 Å². The molecule has 6 heterocycles. The zero-order valence-corrected chi connectivity index (χ0v) is 84.6. The predicted octanol–water partition coefficient (Wildman–Crippen LogP) is 19.9. The molecular weight excluding hydrogens is 1700 g/mol. The van der Waals surface area contributed by atoms with Crippen molar-refractivity contribution >= 4 is 77.6 Å². The minimum absolute atomic E-state index is 0.000291. The number of fused-ring (bicyclic) bond motifs is 1. The summed E-state index contributed by atoms with van der Waals surface area (Å²) in [5.41, 5.74) is 3.04. The number of carbonyl (C=O) groups excluding carboxylic acids is 2. The molecule has 6 aliphatic rings. The summed E-state index contributed by atoms with van der Waals surface area (Å²) in [5, 5.41) is 8.51. The SMILES string of the molecule is CC[C@H](C)[C@H](C[C@@H](CC(=O)O[C@H]1C(C)O[C@H](OC(=N)C(Cl)(Cl)Cl)C(O[C@@H]2OC(C)[C@H](O[C@@H]3OC[C@@H](OCc4ccccc4)C(O[C@@H]4OC[C@@H](OCc5ccccc5)C(OCc5ccccc5)C4C)C3C)C3OC(C)(C)OC32)C1C)O[Si](C)(C)C(C)(C)C)OC(=O)C[C@H](C[C@H](O[C@@H]1O[C@@H](CO[Si](C)(C)C(C)(C)C)C(O[Si](C)(C)C(C)(C)C)C1C)[C@@H](C)CC)OC. The molecule has 3 aromatic rings. The lowest BCUT2D eigenvalue weighted by Gasteiger charge is -2.49. The van der Waals surface area contributed by atoms with Crippen molar-refractivity contribution in [3.8, 4) is 0 Å². The van der Waals surface area contributed by atoms with Crippen LogP contribution in [0.25, 0.3) is 0 Å². The van der Waals surface area contributed by atoms with Crippen LogP contribution >= 0.6 is 34.8 Å². The first-order chi connectivity index (χ1) is 57.8. The molecule has 0 bridgehead atoms. The monoisotopic (exact) mass is 1850 g/mol. The highest BCUT2D eigenvalue weighted by Gasteiger charge is 2.60. The Kier molecular flexibility index (Phi) is 37.6. The third-order valence-electron chi connectivity index (χ3n) is 27.5. The van der Waals surface area contributed by atoms with E-state index in [1.807, 2.05) is 126 Å². The first-order valence-electron chi connectivity index (χ1n) is 45.2. The molecule has 6 fully saturated rings. The van der Waals surface area contributed by atoms with Crippen molar-refractivity contribution in [2.45, 2.75) is 403 Å².